The molecule has 3 heteroatoms. The van der Waals surface area contributed by atoms with Crippen molar-refractivity contribution in [2.45, 2.75) is 0 Å². The smallest absolute Gasteiger partial charge is 0.0541 e. The van der Waals surface area contributed by atoms with Crippen LogP contribution in [0.4, 0.5) is 11.4 Å². The number of hydrogen-bond acceptors (Lipinski definition) is 1. The molecule has 0 aliphatic carbocycles. The van der Waals surface area contributed by atoms with E-state index in [1.807, 2.05) is 0 Å². The normalized spacial score (nSPS) is 15.0. The zero-order chi connectivity index (χ0) is 34.6. The molecule has 3 nitrogen and oxygen atoms in total. The number of nitrogens with zero attached hydrogens (tertiary/aromatic N) is 3. The van der Waals surface area contributed by atoms with Crippen LogP contribution in [0.25, 0.3) is 71.7 Å². The van der Waals surface area contributed by atoms with E-state index in [1.165, 1.54) is 54.7 Å². The molecule has 0 saturated heterocycles. The fourth-order valence-electron chi connectivity index (χ4n) is 8.11. The molecule has 0 spiro atoms. The van der Waals surface area contributed by atoms with Crippen LogP contribution in [0.2, 0.25) is 0 Å². The van der Waals surface area contributed by atoms with Gasteiger partial charge in [-0.05, 0) is 83.4 Å². The maximum Gasteiger partial charge on any atom is 0.0541 e. The van der Waals surface area contributed by atoms with Crippen molar-refractivity contribution in [1.82, 2.24) is 9.13 Å². The van der Waals surface area contributed by atoms with E-state index in [-0.39, 0.29) is 0 Å². The summed E-state index contributed by atoms with van der Waals surface area (Å²) in [4.78, 5) is 2.42. The van der Waals surface area contributed by atoms with Crippen molar-refractivity contribution in [2.75, 3.05) is 11.4 Å². The van der Waals surface area contributed by atoms with Gasteiger partial charge in [-0.15, -0.1) is 0 Å². The minimum atomic E-state index is 0.677. The van der Waals surface area contributed by atoms with Crippen molar-refractivity contribution in [3.05, 3.63) is 200 Å². The SMILES string of the molecule is C=C1/C=C(n2c3ccccc3c3ccccc32)\C=C/CN(c2cccc(-n3c4ccccc4c4ccccc43)c2)c2ccc(-c3ccccc3)cc21. The third-order valence-corrected chi connectivity index (χ3v) is 10.5. The van der Waals surface area contributed by atoms with Crippen LogP contribution in [0.1, 0.15) is 5.56 Å². The Morgan fingerprint density at radius 3 is 1.60 bits per heavy atom. The van der Waals surface area contributed by atoms with Crippen LogP contribution < -0.4 is 4.90 Å². The maximum atomic E-state index is 4.75. The number of rotatable bonds is 4. The van der Waals surface area contributed by atoms with Gasteiger partial charge in [0.2, 0.25) is 0 Å². The van der Waals surface area contributed by atoms with Crippen molar-refractivity contribution < 1.29 is 0 Å². The summed E-state index contributed by atoms with van der Waals surface area (Å²) in [6, 6.07) is 61.1. The van der Waals surface area contributed by atoms with Crippen molar-refractivity contribution in [3.8, 4) is 16.8 Å². The van der Waals surface area contributed by atoms with E-state index >= 15 is 0 Å². The summed E-state index contributed by atoms with van der Waals surface area (Å²) in [7, 11) is 0. The van der Waals surface area contributed by atoms with Crippen LogP contribution in [0.3, 0.4) is 0 Å². The van der Waals surface area contributed by atoms with Crippen molar-refractivity contribution in [2.24, 2.45) is 0 Å². The zero-order valence-corrected chi connectivity index (χ0v) is 28.7. The van der Waals surface area contributed by atoms with Gasteiger partial charge in [0, 0.05) is 56.4 Å². The number of fused-ring (bicyclic) bond motifs is 7. The fourth-order valence-corrected chi connectivity index (χ4v) is 8.11. The third-order valence-electron chi connectivity index (χ3n) is 10.5. The standard InChI is InChI=1S/C49H35N3/c1-34-31-38(51-46-24-9-5-20-40(46)41-21-6-10-25-47(41)51)19-14-30-50(45-29-28-36(32-44(34)45)35-15-3-2-4-16-35)37-17-13-18-39(33-37)52-48-26-11-7-22-42(48)43-23-8-12-27-49(43)52/h2-29,31-33H,1,30H2/b19-14-,38-31+. The zero-order valence-electron chi connectivity index (χ0n) is 28.7. The van der Waals surface area contributed by atoms with Crippen molar-refractivity contribution in [3.63, 3.8) is 0 Å². The molecule has 0 saturated carbocycles. The van der Waals surface area contributed by atoms with Gasteiger partial charge in [0.25, 0.3) is 0 Å². The highest BCUT2D eigenvalue weighted by atomic mass is 15.1. The molecule has 246 valence electrons. The van der Waals surface area contributed by atoms with Crippen molar-refractivity contribution >= 4 is 66.3 Å². The molecule has 0 fully saturated rings. The summed E-state index contributed by atoms with van der Waals surface area (Å²) in [5.41, 5.74) is 13.6. The molecule has 2 aromatic heterocycles. The summed E-state index contributed by atoms with van der Waals surface area (Å²) < 4.78 is 4.77. The topological polar surface area (TPSA) is 13.1 Å². The van der Waals surface area contributed by atoms with Gasteiger partial charge in [-0.2, -0.15) is 0 Å². The fraction of sp³-hybridized carbons (Fsp3) is 0.0204. The van der Waals surface area contributed by atoms with Crippen LogP contribution in [0.15, 0.2) is 195 Å². The van der Waals surface area contributed by atoms with Gasteiger partial charge >= 0.3 is 0 Å². The quantitative estimate of drug-likeness (QED) is 0.182. The van der Waals surface area contributed by atoms with E-state index < -0.39 is 0 Å². The largest absolute Gasteiger partial charge is 0.337 e. The summed E-state index contributed by atoms with van der Waals surface area (Å²) in [5, 5.41) is 5.00. The van der Waals surface area contributed by atoms with Crippen LogP contribution in [0.5, 0.6) is 0 Å². The van der Waals surface area contributed by atoms with E-state index in [1.54, 1.807) is 0 Å². The Kier molecular flexibility index (Phi) is 7.04. The molecule has 1 aliphatic heterocycles. The van der Waals surface area contributed by atoms with Crippen LogP contribution in [0, 0.1) is 0 Å². The van der Waals surface area contributed by atoms with Gasteiger partial charge in [0.1, 0.15) is 0 Å². The highest BCUT2D eigenvalue weighted by Gasteiger charge is 2.20. The summed E-state index contributed by atoms with van der Waals surface area (Å²) in [6.07, 6.45) is 6.80. The lowest BCUT2D eigenvalue weighted by Crippen LogP contribution is -2.18. The minimum absolute atomic E-state index is 0.677. The van der Waals surface area contributed by atoms with Crippen LogP contribution in [-0.4, -0.2) is 15.7 Å². The highest BCUT2D eigenvalue weighted by Crippen LogP contribution is 2.40. The molecule has 7 aromatic carbocycles. The molecule has 1 aliphatic rings. The van der Waals surface area contributed by atoms with Crippen LogP contribution in [-0.2, 0) is 0 Å². The lowest BCUT2D eigenvalue weighted by Gasteiger charge is -2.27. The Hall–Kier alpha value is -6.84. The average molecular weight is 666 g/mol. The Balaban J connectivity index is 1.17. The predicted molar refractivity (Wildman–Crippen MR) is 222 cm³/mol. The molecule has 0 N–H and O–H groups in total. The maximum absolute atomic E-state index is 4.75. The molecule has 9 aromatic rings. The number of para-hydroxylation sites is 4. The van der Waals surface area contributed by atoms with Gasteiger partial charge < -0.3 is 14.0 Å². The predicted octanol–water partition coefficient (Wildman–Crippen LogP) is 12.8. The molecular formula is C49H35N3. The Morgan fingerprint density at radius 1 is 0.442 bits per heavy atom. The number of allylic oxidation sites excluding steroid dienone is 4. The molecule has 0 unspecified atom stereocenters. The summed E-state index contributed by atoms with van der Waals surface area (Å²) >= 11 is 0. The highest BCUT2D eigenvalue weighted by molar-refractivity contribution is 6.11. The van der Waals surface area contributed by atoms with Gasteiger partial charge in [-0.1, -0.05) is 128 Å². The van der Waals surface area contributed by atoms with Gasteiger partial charge in [-0.3, -0.25) is 0 Å². The van der Waals surface area contributed by atoms with Gasteiger partial charge in [0.05, 0.1) is 22.1 Å². The molecule has 10 rings (SSSR count). The average Bonchev–Trinajstić information content (AvgIpc) is 3.74. The van der Waals surface area contributed by atoms with Crippen molar-refractivity contribution in [1.29, 1.82) is 0 Å². The minimum Gasteiger partial charge on any atom is -0.337 e. The number of anilines is 2. The second-order valence-corrected chi connectivity index (χ2v) is 13.5. The molecule has 3 heterocycles. The molecule has 0 bridgehead atoms. The Morgan fingerprint density at radius 2 is 0.981 bits per heavy atom. The molecule has 0 radical (unpaired) electrons. The molecular weight excluding hydrogens is 631 g/mol. The van der Waals surface area contributed by atoms with Crippen LogP contribution >= 0.6 is 0 Å². The second-order valence-electron chi connectivity index (χ2n) is 13.5. The van der Waals surface area contributed by atoms with Gasteiger partial charge in [0.15, 0.2) is 0 Å². The number of hydrogen-bond donors (Lipinski definition) is 0. The molecule has 0 atom stereocenters. The van der Waals surface area contributed by atoms with E-state index in [0.717, 1.165) is 33.9 Å². The first-order chi connectivity index (χ1) is 25.7. The van der Waals surface area contributed by atoms with E-state index in [2.05, 4.69) is 202 Å². The van der Waals surface area contributed by atoms with E-state index in [4.69, 9.17) is 6.58 Å². The molecule has 52 heavy (non-hydrogen) atoms. The second kappa shape index (κ2) is 12.2. The first-order valence-corrected chi connectivity index (χ1v) is 17.8. The lowest BCUT2D eigenvalue weighted by atomic mass is 9.96. The summed E-state index contributed by atoms with van der Waals surface area (Å²) in [5.74, 6) is 0. The number of aromatic nitrogens is 2. The van der Waals surface area contributed by atoms with E-state index in [0.29, 0.717) is 6.54 Å². The third kappa shape index (κ3) is 4.82. The van der Waals surface area contributed by atoms with Gasteiger partial charge in [-0.25, -0.2) is 0 Å². The Labute approximate surface area is 302 Å². The molecule has 0 amide bonds. The monoisotopic (exact) mass is 665 g/mol. The first kappa shape index (κ1) is 30.0. The Bertz CT molecular complexity index is 2790. The lowest BCUT2D eigenvalue weighted by molar-refractivity contribution is 1.08. The van der Waals surface area contributed by atoms with E-state index in [9.17, 15) is 0 Å². The first-order valence-electron chi connectivity index (χ1n) is 17.8. The number of benzene rings is 7. The summed E-state index contributed by atoms with van der Waals surface area (Å²) in [6.45, 7) is 5.43.